The van der Waals surface area contributed by atoms with Crippen LogP contribution in [-0.4, -0.2) is 29.0 Å². The highest BCUT2D eigenvalue weighted by atomic mass is 19.1. The van der Waals surface area contributed by atoms with Crippen LogP contribution >= 0.6 is 0 Å². The fourth-order valence-electron chi connectivity index (χ4n) is 4.18. The van der Waals surface area contributed by atoms with E-state index in [1.54, 1.807) is 18.2 Å². The number of Topliss-reactive ketones (excluding diaryl/α,β-unsaturated/α-hetero) is 1. The highest BCUT2D eigenvalue weighted by Gasteiger charge is 2.46. The van der Waals surface area contributed by atoms with Gasteiger partial charge in [0.1, 0.15) is 17.4 Å². The van der Waals surface area contributed by atoms with Crippen LogP contribution in [0.2, 0.25) is 0 Å². The Balaban J connectivity index is 1.68. The molecule has 2 N–H and O–H groups in total. The van der Waals surface area contributed by atoms with E-state index in [1.807, 2.05) is 0 Å². The molecule has 1 aromatic heterocycles. The number of aliphatic hydroxyl groups excluding tert-OH is 1. The number of ether oxygens (including phenoxy) is 1. The van der Waals surface area contributed by atoms with Crippen molar-refractivity contribution in [2.45, 2.75) is 6.04 Å². The van der Waals surface area contributed by atoms with E-state index in [-0.39, 0.29) is 22.8 Å². The highest BCUT2D eigenvalue weighted by molar-refractivity contribution is 6.20. The fraction of sp³-hybridized carbons (Fsp3) is 0.0769. The third-order valence-corrected chi connectivity index (χ3v) is 5.78. The Bertz CT molecular complexity index is 1520. The quantitative estimate of drug-likeness (QED) is 0.383. The van der Waals surface area contributed by atoms with Gasteiger partial charge in [-0.2, -0.15) is 0 Å². The molecule has 4 aromatic rings. The van der Waals surface area contributed by atoms with Crippen LogP contribution in [0, 0.1) is 11.6 Å². The van der Waals surface area contributed by atoms with E-state index >= 15 is 0 Å². The monoisotopic (exact) mass is 477 g/mol. The van der Waals surface area contributed by atoms with E-state index in [2.05, 4.69) is 0 Å². The molecule has 0 saturated heterocycles. The summed E-state index contributed by atoms with van der Waals surface area (Å²) >= 11 is 0. The first-order valence-electron chi connectivity index (χ1n) is 10.4. The lowest BCUT2D eigenvalue weighted by atomic mass is 9.94. The minimum absolute atomic E-state index is 0.0805. The normalized spacial score (nSPS) is 15.8. The molecule has 1 atom stereocenters. The van der Waals surface area contributed by atoms with E-state index < -0.39 is 35.1 Å². The molecule has 0 spiro atoms. The van der Waals surface area contributed by atoms with Crippen LogP contribution in [0.3, 0.4) is 0 Å². The number of furan rings is 1. The van der Waals surface area contributed by atoms with Crippen molar-refractivity contribution in [3.05, 3.63) is 101 Å². The number of fused-ring (bicyclic) bond motifs is 1. The van der Waals surface area contributed by atoms with Crippen LogP contribution in [0.5, 0.6) is 11.5 Å². The molecule has 0 aliphatic carbocycles. The standard InChI is InChI=1S/C26H17F2NO6/c1-34-19-4-2-3-14-11-20(35-25(14)19)23(31)21-22(13-5-8-16(30)9-6-13)29(26(33)24(21)32)18-10-7-15(27)12-17(18)28/h2-12,22,30,32H,1H3. The summed E-state index contributed by atoms with van der Waals surface area (Å²) in [6.45, 7) is 0. The van der Waals surface area contributed by atoms with Gasteiger partial charge in [-0.3, -0.25) is 14.5 Å². The second-order valence-electron chi connectivity index (χ2n) is 7.85. The smallest absolute Gasteiger partial charge is 0.294 e. The molecule has 0 fully saturated rings. The number of carbonyl (C=O) groups excluding carboxylic acids is 2. The molecule has 3 aromatic carbocycles. The zero-order valence-corrected chi connectivity index (χ0v) is 18.2. The lowest BCUT2D eigenvalue weighted by Crippen LogP contribution is -2.31. The number of aromatic hydroxyl groups is 1. The van der Waals surface area contributed by atoms with Gasteiger partial charge in [0.05, 0.1) is 24.4 Å². The maximum absolute atomic E-state index is 14.7. The number of carbonyl (C=O) groups is 2. The predicted molar refractivity (Wildman–Crippen MR) is 121 cm³/mol. The van der Waals surface area contributed by atoms with Gasteiger partial charge in [0.2, 0.25) is 5.78 Å². The number of phenols is 1. The number of para-hydroxylation sites is 1. The van der Waals surface area contributed by atoms with E-state index in [0.29, 0.717) is 28.3 Å². The SMILES string of the molecule is COc1cccc2cc(C(=O)C3=C(O)C(=O)N(c4ccc(F)cc4F)C3c3ccc(O)cc3)oc12. The molecule has 0 saturated carbocycles. The first kappa shape index (κ1) is 22.1. The minimum atomic E-state index is -1.29. The number of rotatable bonds is 5. The average Bonchev–Trinajstić information content (AvgIpc) is 3.39. The Morgan fingerprint density at radius 1 is 1.03 bits per heavy atom. The summed E-state index contributed by atoms with van der Waals surface area (Å²) in [6, 6.07) is 13.3. The number of benzene rings is 3. The minimum Gasteiger partial charge on any atom is -0.508 e. The van der Waals surface area contributed by atoms with Crippen LogP contribution in [0.25, 0.3) is 11.0 Å². The van der Waals surface area contributed by atoms with E-state index in [9.17, 15) is 28.6 Å². The predicted octanol–water partition coefficient (Wildman–Crippen LogP) is 5.21. The molecule has 5 rings (SSSR count). The van der Waals surface area contributed by atoms with Crippen LogP contribution < -0.4 is 9.64 Å². The van der Waals surface area contributed by atoms with Crippen LogP contribution in [0.15, 0.2) is 82.5 Å². The molecule has 0 bridgehead atoms. The fourth-order valence-corrected chi connectivity index (χ4v) is 4.18. The van der Waals surface area contributed by atoms with Crippen molar-refractivity contribution in [3.8, 4) is 11.5 Å². The van der Waals surface area contributed by atoms with Gasteiger partial charge in [0, 0.05) is 11.5 Å². The van der Waals surface area contributed by atoms with Crippen molar-refractivity contribution in [2.75, 3.05) is 12.0 Å². The number of phenolic OH excluding ortho intramolecular Hbond substituents is 1. The number of hydrogen-bond acceptors (Lipinski definition) is 6. The Kier molecular flexibility index (Phi) is 5.24. The third-order valence-electron chi connectivity index (χ3n) is 5.78. The summed E-state index contributed by atoms with van der Waals surface area (Å²) in [6.07, 6.45) is 0. The number of halogens is 2. The van der Waals surface area contributed by atoms with Gasteiger partial charge >= 0.3 is 0 Å². The number of aliphatic hydroxyl groups is 1. The molecule has 1 aliphatic rings. The van der Waals surface area contributed by atoms with Crippen molar-refractivity contribution in [2.24, 2.45) is 0 Å². The summed E-state index contributed by atoms with van der Waals surface area (Å²) < 4.78 is 39.3. The van der Waals surface area contributed by atoms with E-state index in [1.165, 1.54) is 37.4 Å². The molecule has 1 amide bonds. The largest absolute Gasteiger partial charge is 0.508 e. The zero-order valence-electron chi connectivity index (χ0n) is 18.2. The van der Waals surface area contributed by atoms with Crippen molar-refractivity contribution in [3.63, 3.8) is 0 Å². The van der Waals surface area contributed by atoms with Gasteiger partial charge < -0.3 is 19.4 Å². The van der Waals surface area contributed by atoms with Crippen molar-refractivity contribution in [1.29, 1.82) is 0 Å². The van der Waals surface area contributed by atoms with Gasteiger partial charge in [0.25, 0.3) is 5.91 Å². The molecule has 0 radical (unpaired) electrons. The molecular formula is C26H17F2NO6. The first-order chi connectivity index (χ1) is 16.8. The molecule has 176 valence electrons. The van der Waals surface area contributed by atoms with E-state index in [4.69, 9.17) is 9.15 Å². The van der Waals surface area contributed by atoms with Crippen LogP contribution in [0.1, 0.15) is 22.2 Å². The van der Waals surface area contributed by atoms with Gasteiger partial charge in [-0.25, -0.2) is 8.78 Å². The highest BCUT2D eigenvalue weighted by Crippen LogP contribution is 2.43. The van der Waals surface area contributed by atoms with Crippen LogP contribution in [-0.2, 0) is 4.79 Å². The number of nitrogens with zero attached hydrogens (tertiary/aromatic N) is 1. The molecule has 35 heavy (non-hydrogen) atoms. The van der Waals surface area contributed by atoms with Crippen molar-refractivity contribution < 1.29 is 37.7 Å². The van der Waals surface area contributed by atoms with Crippen molar-refractivity contribution in [1.82, 2.24) is 0 Å². The summed E-state index contributed by atoms with van der Waals surface area (Å²) in [5, 5.41) is 21.0. The summed E-state index contributed by atoms with van der Waals surface area (Å²) in [5.74, 6) is -4.55. The summed E-state index contributed by atoms with van der Waals surface area (Å²) in [7, 11) is 1.44. The topological polar surface area (TPSA) is 100 Å². The molecule has 9 heteroatoms. The molecule has 1 aliphatic heterocycles. The van der Waals surface area contributed by atoms with Gasteiger partial charge in [-0.15, -0.1) is 0 Å². The number of methoxy groups -OCH3 is 1. The Labute approximate surface area is 197 Å². The second kappa shape index (κ2) is 8.28. The van der Waals surface area contributed by atoms with Gasteiger partial charge in [-0.1, -0.05) is 24.3 Å². The second-order valence-corrected chi connectivity index (χ2v) is 7.85. The van der Waals surface area contributed by atoms with Gasteiger partial charge in [0.15, 0.2) is 22.9 Å². The lowest BCUT2D eigenvalue weighted by Gasteiger charge is -2.27. The Hall–Kier alpha value is -4.66. The number of ketones is 1. The lowest BCUT2D eigenvalue weighted by molar-refractivity contribution is -0.117. The van der Waals surface area contributed by atoms with Crippen LogP contribution in [0.4, 0.5) is 14.5 Å². The zero-order chi connectivity index (χ0) is 24.9. The number of amides is 1. The Morgan fingerprint density at radius 2 is 1.77 bits per heavy atom. The van der Waals surface area contributed by atoms with Crippen molar-refractivity contribution >= 4 is 28.3 Å². The number of anilines is 1. The molecular weight excluding hydrogens is 460 g/mol. The Morgan fingerprint density at radius 3 is 2.46 bits per heavy atom. The summed E-state index contributed by atoms with van der Waals surface area (Å²) in [4.78, 5) is 27.6. The third kappa shape index (κ3) is 3.57. The average molecular weight is 477 g/mol. The summed E-state index contributed by atoms with van der Waals surface area (Å²) in [5.41, 5.74) is -0.108. The van der Waals surface area contributed by atoms with Gasteiger partial charge in [-0.05, 0) is 42.0 Å². The molecule has 7 nitrogen and oxygen atoms in total. The number of hydrogen-bond donors (Lipinski definition) is 2. The molecule has 1 unspecified atom stereocenters. The maximum Gasteiger partial charge on any atom is 0.294 e. The first-order valence-corrected chi connectivity index (χ1v) is 10.4. The maximum atomic E-state index is 14.7. The van der Waals surface area contributed by atoms with E-state index in [0.717, 1.165) is 17.0 Å². The molecule has 2 heterocycles.